The largest absolute Gasteiger partial charge is 0.497 e. The van der Waals surface area contributed by atoms with E-state index in [2.05, 4.69) is 25.2 Å². The number of anilines is 1. The summed E-state index contributed by atoms with van der Waals surface area (Å²) in [6.45, 7) is 7.13. The van der Waals surface area contributed by atoms with Crippen molar-refractivity contribution in [3.63, 3.8) is 0 Å². The molecule has 3 rings (SSSR count). The highest BCUT2D eigenvalue weighted by atomic mass is 16.5. The van der Waals surface area contributed by atoms with Crippen LogP contribution in [0.5, 0.6) is 5.75 Å². The average Bonchev–Trinajstić information content (AvgIpc) is 3.07. The van der Waals surface area contributed by atoms with Gasteiger partial charge in [0.15, 0.2) is 0 Å². The molecule has 1 fully saturated rings. The minimum absolute atomic E-state index is 0.0146. The molecule has 0 bridgehead atoms. The fourth-order valence-corrected chi connectivity index (χ4v) is 3.69. The lowest BCUT2D eigenvalue weighted by atomic mass is 9.97. The number of ether oxygens (including phenoxy) is 1. The van der Waals surface area contributed by atoms with Crippen molar-refractivity contribution in [1.29, 1.82) is 0 Å². The van der Waals surface area contributed by atoms with E-state index in [0.29, 0.717) is 19.0 Å². The number of benzene rings is 2. The highest BCUT2D eigenvalue weighted by Crippen LogP contribution is 2.35. The van der Waals surface area contributed by atoms with Crippen molar-refractivity contribution in [2.75, 3.05) is 18.6 Å². The Morgan fingerprint density at radius 3 is 2.57 bits per heavy atom. The molecule has 148 valence electrons. The van der Waals surface area contributed by atoms with Crippen LogP contribution < -0.4 is 15.0 Å². The summed E-state index contributed by atoms with van der Waals surface area (Å²) in [6, 6.07) is 13.7. The summed E-state index contributed by atoms with van der Waals surface area (Å²) >= 11 is 0. The van der Waals surface area contributed by atoms with Gasteiger partial charge in [-0.15, -0.1) is 0 Å². The molecule has 1 heterocycles. The molecule has 0 aromatic heterocycles. The van der Waals surface area contributed by atoms with Crippen molar-refractivity contribution >= 4 is 17.5 Å². The van der Waals surface area contributed by atoms with Crippen molar-refractivity contribution in [1.82, 2.24) is 5.32 Å². The molecule has 1 N–H and O–H groups in total. The van der Waals surface area contributed by atoms with Gasteiger partial charge < -0.3 is 15.0 Å². The van der Waals surface area contributed by atoms with Crippen LogP contribution in [0.2, 0.25) is 0 Å². The van der Waals surface area contributed by atoms with Crippen LogP contribution in [-0.4, -0.2) is 25.5 Å². The number of nitrogens with zero attached hydrogens (tertiary/aromatic N) is 1. The second kappa shape index (κ2) is 8.46. The van der Waals surface area contributed by atoms with Crippen molar-refractivity contribution < 1.29 is 14.3 Å². The van der Waals surface area contributed by atoms with Gasteiger partial charge in [0, 0.05) is 25.2 Å². The van der Waals surface area contributed by atoms with E-state index in [1.807, 2.05) is 43.3 Å². The van der Waals surface area contributed by atoms with Crippen LogP contribution >= 0.6 is 0 Å². The van der Waals surface area contributed by atoms with E-state index in [4.69, 9.17) is 4.74 Å². The third-order valence-electron chi connectivity index (χ3n) is 5.28. The van der Waals surface area contributed by atoms with Crippen molar-refractivity contribution in [2.24, 2.45) is 5.92 Å². The van der Waals surface area contributed by atoms with E-state index in [1.165, 1.54) is 0 Å². The molecular weight excluding hydrogens is 352 g/mol. The number of carbonyl (C=O) groups is 2. The van der Waals surface area contributed by atoms with Gasteiger partial charge in [-0.25, -0.2) is 0 Å². The molecule has 1 atom stereocenters. The first kappa shape index (κ1) is 19.9. The van der Waals surface area contributed by atoms with Gasteiger partial charge in [0.2, 0.25) is 11.8 Å². The van der Waals surface area contributed by atoms with E-state index >= 15 is 0 Å². The first-order valence-corrected chi connectivity index (χ1v) is 9.71. The van der Waals surface area contributed by atoms with Gasteiger partial charge in [-0.3, -0.25) is 9.59 Å². The van der Waals surface area contributed by atoms with Crippen molar-refractivity contribution in [3.05, 3.63) is 59.2 Å². The predicted molar refractivity (Wildman–Crippen MR) is 111 cm³/mol. The summed E-state index contributed by atoms with van der Waals surface area (Å²) in [4.78, 5) is 27.1. The number of methoxy groups -OCH3 is 1. The van der Waals surface area contributed by atoms with Crippen LogP contribution in [-0.2, 0) is 16.1 Å². The number of amides is 2. The van der Waals surface area contributed by atoms with Gasteiger partial charge >= 0.3 is 0 Å². The zero-order valence-electron chi connectivity index (χ0n) is 17.0. The standard InChI is InChI=1S/C23H28N2O3/c1-15(2)20-7-5-6-16(3)22(20)25-14-18(12-21(25)26)23(27)24-13-17-8-10-19(28-4)11-9-17/h5-11,15,18H,12-14H2,1-4H3,(H,24,27). The van der Waals surface area contributed by atoms with E-state index in [-0.39, 0.29) is 24.2 Å². The molecule has 2 aromatic carbocycles. The minimum atomic E-state index is -0.328. The number of nitrogens with one attached hydrogen (secondary N) is 1. The van der Waals surface area contributed by atoms with Crippen molar-refractivity contribution in [2.45, 2.75) is 39.7 Å². The smallest absolute Gasteiger partial charge is 0.227 e. The number of para-hydroxylation sites is 1. The van der Waals surface area contributed by atoms with Crippen LogP contribution in [0.1, 0.15) is 42.9 Å². The molecule has 0 spiro atoms. The molecule has 2 aromatic rings. The summed E-state index contributed by atoms with van der Waals surface area (Å²) in [5.74, 6) is 0.703. The Morgan fingerprint density at radius 2 is 1.93 bits per heavy atom. The number of aryl methyl sites for hydroxylation is 1. The lowest BCUT2D eigenvalue weighted by Gasteiger charge is -2.24. The fourth-order valence-electron chi connectivity index (χ4n) is 3.69. The van der Waals surface area contributed by atoms with Gasteiger partial charge in [0.1, 0.15) is 5.75 Å². The molecule has 5 heteroatoms. The van der Waals surface area contributed by atoms with E-state index in [1.54, 1.807) is 12.0 Å². The summed E-state index contributed by atoms with van der Waals surface area (Å²) < 4.78 is 5.15. The van der Waals surface area contributed by atoms with Crippen LogP contribution in [0, 0.1) is 12.8 Å². The predicted octanol–water partition coefficient (Wildman–Crippen LogP) is 3.80. The number of hydrogen-bond donors (Lipinski definition) is 1. The summed E-state index contributed by atoms with van der Waals surface area (Å²) in [7, 11) is 1.62. The van der Waals surface area contributed by atoms with E-state index in [0.717, 1.165) is 28.1 Å². The first-order chi connectivity index (χ1) is 13.4. The van der Waals surface area contributed by atoms with Crippen LogP contribution in [0.4, 0.5) is 5.69 Å². The molecule has 1 aliphatic rings. The maximum atomic E-state index is 12.7. The number of hydrogen-bond acceptors (Lipinski definition) is 3. The quantitative estimate of drug-likeness (QED) is 0.829. The second-order valence-corrected chi connectivity index (χ2v) is 7.64. The maximum Gasteiger partial charge on any atom is 0.227 e. The molecule has 0 aliphatic carbocycles. The third-order valence-corrected chi connectivity index (χ3v) is 5.28. The van der Waals surface area contributed by atoms with Crippen LogP contribution in [0.15, 0.2) is 42.5 Å². The highest BCUT2D eigenvalue weighted by molar-refractivity contribution is 6.01. The Kier molecular flexibility index (Phi) is 6.02. The Bertz CT molecular complexity index is 859. The fraction of sp³-hybridized carbons (Fsp3) is 0.391. The maximum absolute atomic E-state index is 12.7. The Balaban J connectivity index is 1.68. The minimum Gasteiger partial charge on any atom is -0.497 e. The molecule has 0 saturated carbocycles. The Morgan fingerprint density at radius 1 is 1.21 bits per heavy atom. The SMILES string of the molecule is COc1ccc(CNC(=O)C2CC(=O)N(c3c(C)cccc3C(C)C)C2)cc1. The summed E-state index contributed by atoms with van der Waals surface area (Å²) in [5.41, 5.74) is 4.18. The van der Waals surface area contributed by atoms with Gasteiger partial charge in [-0.05, 0) is 41.7 Å². The first-order valence-electron chi connectivity index (χ1n) is 9.71. The zero-order chi connectivity index (χ0) is 20.3. The summed E-state index contributed by atoms with van der Waals surface area (Å²) in [5, 5.41) is 2.96. The lowest BCUT2D eigenvalue weighted by molar-refractivity contribution is -0.126. The molecule has 5 nitrogen and oxygen atoms in total. The average molecular weight is 380 g/mol. The van der Waals surface area contributed by atoms with Crippen molar-refractivity contribution in [3.8, 4) is 5.75 Å². The van der Waals surface area contributed by atoms with Crippen LogP contribution in [0.25, 0.3) is 0 Å². The molecule has 1 unspecified atom stereocenters. The van der Waals surface area contributed by atoms with Gasteiger partial charge in [-0.2, -0.15) is 0 Å². The molecule has 1 saturated heterocycles. The van der Waals surface area contributed by atoms with Gasteiger partial charge in [0.25, 0.3) is 0 Å². The monoisotopic (exact) mass is 380 g/mol. The molecule has 0 radical (unpaired) electrons. The van der Waals surface area contributed by atoms with E-state index in [9.17, 15) is 9.59 Å². The topological polar surface area (TPSA) is 58.6 Å². The third kappa shape index (κ3) is 4.19. The second-order valence-electron chi connectivity index (χ2n) is 7.64. The van der Waals surface area contributed by atoms with Crippen LogP contribution in [0.3, 0.4) is 0 Å². The van der Waals surface area contributed by atoms with E-state index < -0.39 is 0 Å². The van der Waals surface area contributed by atoms with Gasteiger partial charge in [-0.1, -0.05) is 44.2 Å². The lowest BCUT2D eigenvalue weighted by Crippen LogP contribution is -2.33. The molecule has 28 heavy (non-hydrogen) atoms. The normalized spacial score (nSPS) is 16.5. The molecule has 1 aliphatic heterocycles. The summed E-state index contributed by atoms with van der Waals surface area (Å²) in [6.07, 6.45) is 0.250. The zero-order valence-corrected chi connectivity index (χ0v) is 17.0. The Labute approximate surface area is 166 Å². The number of carbonyl (C=O) groups excluding carboxylic acids is 2. The molecular formula is C23H28N2O3. The molecule has 2 amide bonds. The Hall–Kier alpha value is -2.82. The number of rotatable bonds is 6. The highest BCUT2D eigenvalue weighted by Gasteiger charge is 2.36. The van der Waals surface area contributed by atoms with Gasteiger partial charge in [0.05, 0.1) is 13.0 Å².